The number of rotatable bonds is 4. The molecule has 0 aromatic carbocycles. The molecule has 4 rings (SSSR count). The van der Waals surface area contributed by atoms with Crippen molar-refractivity contribution in [3.05, 3.63) is 36.9 Å². The van der Waals surface area contributed by atoms with E-state index in [-0.39, 0.29) is 6.10 Å². The van der Waals surface area contributed by atoms with Crippen LogP contribution in [-0.4, -0.2) is 51.9 Å². The van der Waals surface area contributed by atoms with E-state index in [1.54, 1.807) is 12.4 Å². The molecule has 7 heteroatoms. The van der Waals surface area contributed by atoms with Gasteiger partial charge in [0.15, 0.2) is 5.52 Å². The van der Waals surface area contributed by atoms with Crippen LogP contribution in [0.3, 0.4) is 0 Å². The number of ether oxygens (including phenoxy) is 2. The Bertz CT molecular complexity index is 842. The lowest BCUT2D eigenvalue weighted by Gasteiger charge is -2.23. The predicted octanol–water partition coefficient (Wildman–Crippen LogP) is 1.40. The van der Waals surface area contributed by atoms with Gasteiger partial charge in [0.1, 0.15) is 12.7 Å². The van der Waals surface area contributed by atoms with Gasteiger partial charge in [0.05, 0.1) is 17.8 Å². The smallest absolute Gasteiger partial charge is 0.242 e. The Kier molecular flexibility index (Phi) is 4.10. The highest BCUT2D eigenvalue weighted by Crippen LogP contribution is 2.27. The normalized spacial score (nSPS) is 18.0. The third-order valence-corrected chi connectivity index (χ3v) is 3.96. The van der Waals surface area contributed by atoms with Crippen LogP contribution in [0.4, 0.5) is 0 Å². The highest BCUT2D eigenvalue weighted by Gasteiger charge is 2.17. The molecule has 3 aromatic rings. The lowest BCUT2D eigenvalue weighted by Crippen LogP contribution is -2.41. The van der Waals surface area contributed by atoms with Gasteiger partial charge in [-0.15, -0.1) is 0 Å². The molecule has 4 heterocycles. The van der Waals surface area contributed by atoms with Crippen molar-refractivity contribution in [2.45, 2.75) is 6.10 Å². The lowest BCUT2D eigenvalue weighted by atomic mass is 10.2. The minimum Gasteiger partial charge on any atom is -0.473 e. The van der Waals surface area contributed by atoms with Crippen LogP contribution in [0.5, 0.6) is 5.88 Å². The fraction of sp³-hybridized carbons (Fsp3) is 0.353. The second kappa shape index (κ2) is 6.54. The van der Waals surface area contributed by atoms with Crippen molar-refractivity contribution in [3.63, 3.8) is 0 Å². The molecule has 0 saturated carbocycles. The van der Waals surface area contributed by atoms with E-state index in [2.05, 4.69) is 20.3 Å². The molecule has 1 aliphatic heterocycles. The van der Waals surface area contributed by atoms with Crippen LogP contribution in [0, 0.1) is 0 Å². The van der Waals surface area contributed by atoms with Gasteiger partial charge in [-0.25, -0.2) is 9.97 Å². The summed E-state index contributed by atoms with van der Waals surface area (Å²) in [5, 5.41) is 3.29. The van der Waals surface area contributed by atoms with Crippen molar-refractivity contribution in [2.75, 3.05) is 26.3 Å². The summed E-state index contributed by atoms with van der Waals surface area (Å²) in [6, 6.07) is 3.95. The summed E-state index contributed by atoms with van der Waals surface area (Å²) in [7, 11) is 1.98. The fourth-order valence-corrected chi connectivity index (χ4v) is 2.75. The van der Waals surface area contributed by atoms with Crippen LogP contribution in [0.2, 0.25) is 0 Å². The molecule has 0 unspecified atom stereocenters. The molecule has 0 spiro atoms. The first kappa shape index (κ1) is 15.0. The van der Waals surface area contributed by atoms with Gasteiger partial charge >= 0.3 is 0 Å². The monoisotopic (exact) mass is 325 g/mol. The molecule has 1 aliphatic rings. The van der Waals surface area contributed by atoms with E-state index >= 15 is 0 Å². The maximum absolute atomic E-state index is 5.94. The SMILES string of the molecule is Cn1ccc(-c2cc3nccnc3c(OC[C@H]3CNCCO3)n2)c1. The van der Waals surface area contributed by atoms with E-state index in [1.165, 1.54) is 0 Å². The molecule has 0 radical (unpaired) electrons. The number of aromatic nitrogens is 4. The molecule has 0 aliphatic carbocycles. The van der Waals surface area contributed by atoms with Crippen molar-refractivity contribution >= 4 is 11.0 Å². The summed E-state index contributed by atoms with van der Waals surface area (Å²) >= 11 is 0. The maximum atomic E-state index is 5.94. The molecule has 1 N–H and O–H groups in total. The average Bonchev–Trinajstić information content (AvgIpc) is 3.07. The lowest BCUT2D eigenvalue weighted by molar-refractivity contribution is -0.000407. The number of pyridine rings is 1. The van der Waals surface area contributed by atoms with Crippen molar-refractivity contribution in [1.82, 2.24) is 24.8 Å². The molecular weight excluding hydrogens is 306 g/mol. The van der Waals surface area contributed by atoms with Crippen LogP contribution in [-0.2, 0) is 11.8 Å². The fourth-order valence-electron chi connectivity index (χ4n) is 2.75. The largest absolute Gasteiger partial charge is 0.473 e. The number of aryl methyl sites for hydroxylation is 1. The van der Waals surface area contributed by atoms with Gasteiger partial charge in [-0.1, -0.05) is 0 Å². The average molecular weight is 325 g/mol. The molecule has 7 nitrogen and oxygen atoms in total. The standard InChI is InChI=1S/C17H19N5O2/c1-22-6-2-12(10-22)14-8-15-16(20-4-3-19-15)17(21-14)24-11-13-9-18-5-7-23-13/h2-4,6,8,10,13,18H,5,7,9,11H2,1H3/t13-/m1/s1. The van der Waals surface area contributed by atoms with Crippen LogP contribution < -0.4 is 10.1 Å². The number of nitrogens with zero attached hydrogens (tertiary/aromatic N) is 4. The molecule has 24 heavy (non-hydrogen) atoms. The first-order valence-corrected chi connectivity index (χ1v) is 7.99. The van der Waals surface area contributed by atoms with E-state index in [4.69, 9.17) is 9.47 Å². The zero-order valence-corrected chi connectivity index (χ0v) is 13.5. The molecule has 0 bridgehead atoms. The minimum atomic E-state index is 0.0210. The zero-order chi connectivity index (χ0) is 16.4. The number of morpholine rings is 1. The second-order valence-electron chi connectivity index (χ2n) is 5.81. The third-order valence-electron chi connectivity index (χ3n) is 3.96. The number of hydrogen-bond acceptors (Lipinski definition) is 6. The van der Waals surface area contributed by atoms with E-state index in [1.807, 2.05) is 36.1 Å². The molecule has 3 aromatic heterocycles. The van der Waals surface area contributed by atoms with Crippen molar-refractivity contribution in [3.8, 4) is 17.1 Å². The van der Waals surface area contributed by atoms with Crippen molar-refractivity contribution in [2.24, 2.45) is 7.05 Å². The molecule has 124 valence electrons. The number of fused-ring (bicyclic) bond motifs is 1. The molecule has 1 fully saturated rings. The Labute approximate surface area is 139 Å². The molecular formula is C17H19N5O2. The third kappa shape index (κ3) is 3.08. The summed E-state index contributed by atoms with van der Waals surface area (Å²) in [4.78, 5) is 13.4. The Morgan fingerprint density at radius 1 is 1.38 bits per heavy atom. The van der Waals surface area contributed by atoms with Crippen molar-refractivity contribution in [1.29, 1.82) is 0 Å². The van der Waals surface area contributed by atoms with Gasteiger partial charge in [-0.05, 0) is 12.1 Å². The zero-order valence-electron chi connectivity index (χ0n) is 13.5. The van der Waals surface area contributed by atoms with Gasteiger partial charge in [-0.3, -0.25) is 4.98 Å². The summed E-state index contributed by atoms with van der Waals surface area (Å²) in [6.07, 6.45) is 7.35. The molecule has 1 atom stereocenters. The summed E-state index contributed by atoms with van der Waals surface area (Å²) < 4.78 is 13.6. The molecule has 1 saturated heterocycles. The van der Waals surface area contributed by atoms with E-state index in [9.17, 15) is 0 Å². The first-order chi connectivity index (χ1) is 11.8. The van der Waals surface area contributed by atoms with Crippen molar-refractivity contribution < 1.29 is 9.47 Å². The van der Waals surface area contributed by atoms with Gasteiger partial charge in [-0.2, -0.15) is 0 Å². The predicted molar refractivity (Wildman–Crippen MR) is 89.8 cm³/mol. The highest BCUT2D eigenvalue weighted by molar-refractivity contribution is 5.83. The van der Waals surface area contributed by atoms with Gasteiger partial charge in [0, 0.05) is 50.5 Å². The number of nitrogens with one attached hydrogen (secondary N) is 1. The van der Waals surface area contributed by atoms with Crippen LogP contribution in [0.1, 0.15) is 0 Å². The summed E-state index contributed by atoms with van der Waals surface area (Å²) in [5.74, 6) is 0.494. The highest BCUT2D eigenvalue weighted by atomic mass is 16.5. The quantitative estimate of drug-likeness (QED) is 0.781. The van der Waals surface area contributed by atoms with Crippen LogP contribution >= 0.6 is 0 Å². The van der Waals surface area contributed by atoms with Gasteiger partial charge in [0.2, 0.25) is 5.88 Å². The maximum Gasteiger partial charge on any atom is 0.242 e. The first-order valence-electron chi connectivity index (χ1n) is 7.99. The Morgan fingerprint density at radius 2 is 2.29 bits per heavy atom. The second-order valence-corrected chi connectivity index (χ2v) is 5.81. The van der Waals surface area contributed by atoms with Crippen LogP contribution in [0.25, 0.3) is 22.3 Å². The van der Waals surface area contributed by atoms with Gasteiger partial charge < -0.3 is 19.4 Å². The van der Waals surface area contributed by atoms with Gasteiger partial charge in [0.25, 0.3) is 0 Å². The number of hydrogen-bond donors (Lipinski definition) is 1. The van der Waals surface area contributed by atoms with E-state index < -0.39 is 0 Å². The summed E-state index contributed by atoms with van der Waals surface area (Å²) in [6.45, 7) is 2.80. The summed E-state index contributed by atoms with van der Waals surface area (Å²) in [5.41, 5.74) is 3.27. The Hall–Kier alpha value is -2.51. The van der Waals surface area contributed by atoms with E-state index in [0.717, 1.165) is 29.9 Å². The molecule has 0 amide bonds. The Morgan fingerprint density at radius 3 is 3.08 bits per heavy atom. The van der Waals surface area contributed by atoms with E-state index in [0.29, 0.717) is 24.6 Å². The minimum absolute atomic E-state index is 0.0210. The van der Waals surface area contributed by atoms with Crippen LogP contribution in [0.15, 0.2) is 36.9 Å². The Balaban J connectivity index is 1.66. The topological polar surface area (TPSA) is 74.1 Å².